The molecule has 0 spiro atoms. The molecule has 4 atom stereocenters. The fourth-order valence-corrected chi connectivity index (χ4v) is 3.34. The summed E-state index contributed by atoms with van der Waals surface area (Å²) in [5.41, 5.74) is 5.39. The van der Waals surface area contributed by atoms with E-state index in [2.05, 4.69) is 0 Å². The largest absolute Gasteiger partial charge is 0.493 e. The lowest BCUT2D eigenvalue weighted by molar-refractivity contribution is -0.160. The Morgan fingerprint density at radius 3 is 2.73 bits per heavy atom. The van der Waals surface area contributed by atoms with E-state index in [4.69, 9.17) is 36.4 Å². The highest BCUT2D eigenvalue weighted by Crippen LogP contribution is 2.44. The van der Waals surface area contributed by atoms with Gasteiger partial charge in [0.05, 0.1) is 19.7 Å². The molecule has 0 bridgehead atoms. The van der Waals surface area contributed by atoms with Crippen LogP contribution in [0.3, 0.4) is 0 Å². The Kier molecular flexibility index (Phi) is 3.12. The summed E-state index contributed by atoms with van der Waals surface area (Å²) < 4.78 is 152. The molecule has 168 valence electrons. The van der Waals surface area contributed by atoms with Crippen LogP contribution in [0.25, 0.3) is 0 Å². The highest BCUT2D eigenvalue weighted by molar-refractivity contribution is 5.76. The molecule has 0 amide bonds. The van der Waals surface area contributed by atoms with Gasteiger partial charge in [-0.05, 0) is 47.9 Å². The normalized spacial score (nSPS) is 43.2. The number of hydrogen-bond donors (Lipinski definition) is 1. The molecule has 1 aromatic carbocycles. The molecule has 3 rings (SSSR count). The minimum Gasteiger partial charge on any atom is -0.493 e. The molecule has 1 fully saturated rings. The highest BCUT2D eigenvalue weighted by Gasteiger charge is 2.41. The average molecular weight is 435 g/mol. The SMILES string of the molecule is [2H]c1c2c(c([2H])c(OC)c1OC)C1N(CC2)C([2H])([2H])C([2H])(CC(C)C)C([2H])(OC(=O)[C@@]([2H])(N)C([2H])(C([2H])([2H])[2H])C([2H])([2H])[2H])C1([2H])[2H]. The van der Waals surface area contributed by atoms with Crippen molar-refractivity contribution in [2.75, 3.05) is 27.3 Å². The zero-order valence-electron chi connectivity index (χ0n) is 33.4. The molecule has 0 aliphatic carbocycles. The van der Waals surface area contributed by atoms with Crippen molar-refractivity contribution in [2.24, 2.45) is 23.4 Å². The van der Waals surface area contributed by atoms with Gasteiger partial charge in [0.15, 0.2) is 11.5 Å². The van der Waals surface area contributed by atoms with Gasteiger partial charge in [-0.15, -0.1) is 0 Å². The number of ether oxygens (including phenoxy) is 3. The lowest BCUT2D eigenvalue weighted by Crippen LogP contribution is -2.51. The van der Waals surface area contributed by atoms with E-state index in [1.54, 1.807) is 0 Å². The molecule has 0 aromatic heterocycles. The highest BCUT2D eigenvalue weighted by atomic mass is 16.5. The number of methoxy groups -OCH3 is 2. The van der Waals surface area contributed by atoms with Crippen molar-refractivity contribution in [1.29, 1.82) is 0 Å². The number of esters is 1. The smallest absolute Gasteiger partial charge is 0.323 e. The molecule has 2 aliphatic rings. The first kappa shape index (κ1) is 9.78. The van der Waals surface area contributed by atoms with E-state index in [1.807, 2.05) is 0 Å². The van der Waals surface area contributed by atoms with Crippen LogP contribution in [0.2, 0.25) is 0 Å². The third-order valence-electron chi connectivity index (χ3n) is 4.76. The van der Waals surface area contributed by atoms with Crippen molar-refractivity contribution in [2.45, 2.75) is 64.9 Å². The summed E-state index contributed by atoms with van der Waals surface area (Å²) in [6.07, 6.45) is -7.93. The predicted molar refractivity (Wildman–Crippen MR) is 118 cm³/mol. The Morgan fingerprint density at radius 2 is 2.10 bits per heavy atom. The van der Waals surface area contributed by atoms with Crippen LogP contribution in [-0.4, -0.2) is 50.2 Å². The topological polar surface area (TPSA) is 74.0 Å². The van der Waals surface area contributed by atoms with Crippen molar-refractivity contribution in [1.82, 2.24) is 4.90 Å². The maximum absolute atomic E-state index is 13.7. The van der Waals surface area contributed by atoms with Crippen LogP contribution in [0.5, 0.6) is 11.5 Å². The number of fused-ring (bicyclic) bond motifs is 3. The third-order valence-corrected chi connectivity index (χ3v) is 4.76. The zero-order chi connectivity index (χ0) is 36.0. The first-order valence-electron chi connectivity index (χ1n) is 17.5. The van der Waals surface area contributed by atoms with Crippen molar-refractivity contribution in [3.05, 3.63) is 23.2 Å². The van der Waals surface area contributed by atoms with Gasteiger partial charge in [0.2, 0.25) is 0 Å². The van der Waals surface area contributed by atoms with Crippen LogP contribution in [0.1, 0.15) is 79.4 Å². The summed E-state index contributed by atoms with van der Waals surface area (Å²) in [4.78, 5) is 14.6. The van der Waals surface area contributed by atoms with E-state index in [1.165, 1.54) is 21.0 Å². The summed E-state index contributed by atoms with van der Waals surface area (Å²) in [5.74, 6) is -10.7. The quantitative estimate of drug-likeness (QED) is 0.662. The van der Waals surface area contributed by atoms with Crippen LogP contribution < -0.4 is 15.2 Å². The van der Waals surface area contributed by atoms with Crippen LogP contribution in [-0.2, 0) is 16.0 Å². The molecule has 0 saturated carbocycles. The lowest BCUT2D eigenvalue weighted by Gasteiger charge is -2.47. The number of nitrogens with two attached hydrogens (primary N) is 1. The number of rotatable bonds is 7. The summed E-state index contributed by atoms with van der Waals surface area (Å²) in [6.45, 7) is -8.23. The van der Waals surface area contributed by atoms with Crippen LogP contribution in [0.4, 0.5) is 0 Å². The maximum atomic E-state index is 13.7. The Morgan fingerprint density at radius 1 is 1.40 bits per heavy atom. The van der Waals surface area contributed by atoms with Crippen LogP contribution in [0.15, 0.2) is 12.1 Å². The Labute approximate surface area is 203 Å². The van der Waals surface area contributed by atoms with Gasteiger partial charge in [-0.3, -0.25) is 9.69 Å². The third kappa shape index (κ3) is 4.75. The van der Waals surface area contributed by atoms with Gasteiger partial charge in [-0.25, -0.2) is 0 Å². The van der Waals surface area contributed by atoms with Gasteiger partial charge in [0, 0.05) is 47.8 Å². The summed E-state index contributed by atoms with van der Waals surface area (Å²) in [7, 11) is 2.37. The molecule has 0 radical (unpaired) electrons. The van der Waals surface area contributed by atoms with Gasteiger partial charge in [0.1, 0.15) is 12.1 Å². The van der Waals surface area contributed by atoms with Crippen LogP contribution >= 0.6 is 0 Å². The molecule has 1 saturated heterocycles. The van der Waals surface area contributed by atoms with E-state index in [9.17, 15) is 10.3 Å². The second-order valence-electron chi connectivity index (χ2n) is 7.39. The van der Waals surface area contributed by atoms with Gasteiger partial charge < -0.3 is 19.9 Å². The molecule has 2 aliphatic heterocycles. The summed E-state index contributed by atoms with van der Waals surface area (Å²) >= 11 is 0. The van der Waals surface area contributed by atoms with Crippen molar-refractivity contribution in [3.63, 3.8) is 0 Å². The van der Waals surface area contributed by atoms with Crippen molar-refractivity contribution in [3.8, 4) is 11.5 Å². The first-order chi connectivity index (χ1) is 20.5. The summed E-state index contributed by atoms with van der Waals surface area (Å²) in [6, 6.07) is -6.92. The molecular formula is C24H38N2O4. The first-order valence-corrected chi connectivity index (χ1v) is 9.52. The number of benzene rings is 1. The maximum Gasteiger partial charge on any atom is 0.323 e. The number of carbonyl (C=O) groups is 1. The van der Waals surface area contributed by atoms with Gasteiger partial charge in [0.25, 0.3) is 0 Å². The average Bonchev–Trinajstić information content (AvgIpc) is 2.90. The molecule has 6 heteroatoms. The van der Waals surface area contributed by atoms with Gasteiger partial charge in [-0.2, -0.15) is 0 Å². The van der Waals surface area contributed by atoms with Gasteiger partial charge >= 0.3 is 5.97 Å². The van der Waals surface area contributed by atoms with Gasteiger partial charge in [-0.1, -0.05) is 27.6 Å². The molecular weight excluding hydrogens is 380 g/mol. The minimum absolute atomic E-state index is 0.0298. The molecule has 1 aromatic rings. The monoisotopic (exact) mass is 434 g/mol. The summed E-state index contributed by atoms with van der Waals surface area (Å²) in [5, 5.41) is 0. The number of hydrogen-bond acceptors (Lipinski definition) is 6. The molecule has 3 unspecified atom stereocenters. The second kappa shape index (κ2) is 9.56. The van der Waals surface area contributed by atoms with E-state index in [0.29, 0.717) is 0 Å². The van der Waals surface area contributed by atoms with E-state index >= 15 is 0 Å². The Bertz CT molecular complexity index is 1370. The number of carbonyl (C=O) groups excluding carboxylic acids is 1. The standard InChI is InChI=1S/C24H38N2O4/c1-14(2)9-17-13-26-8-7-16-10-21(28-5)22(29-6)11-18(16)19(26)12-20(17)30-24(27)23(25)15(3)4/h10-11,14-15,17,19-20,23H,7-9,12-13,25H2,1-6H3/t17?,19?,20?,23-/m0/s1/i3D3,4D3,10D,11D,12D2,13D2,15D,17D,20D,23D. The molecule has 2 heterocycles. The molecule has 2 N–H and O–H groups in total. The Hall–Kier alpha value is -1.79. The predicted octanol–water partition coefficient (Wildman–Crippen LogP) is 3.56. The lowest BCUT2D eigenvalue weighted by atomic mass is 9.79. The molecule has 6 nitrogen and oxygen atoms in total. The zero-order valence-corrected chi connectivity index (χ0v) is 17.4. The van der Waals surface area contributed by atoms with E-state index in [0.717, 1.165) is 12.0 Å². The van der Waals surface area contributed by atoms with Crippen molar-refractivity contribution >= 4 is 5.97 Å². The number of piperidine rings is 1. The fraction of sp³-hybridized carbons (Fsp3) is 0.708. The van der Waals surface area contributed by atoms with Crippen LogP contribution in [0, 0.1) is 17.7 Å². The second-order valence-corrected chi connectivity index (χ2v) is 7.39. The fourth-order valence-electron chi connectivity index (χ4n) is 3.34. The molecule has 30 heavy (non-hydrogen) atoms. The van der Waals surface area contributed by atoms with E-state index < -0.39 is 80.9 Å². The Balaban J connectivity index is 2.42. The minimum atomic E-state index is -4.09. The number of nitrogens with zero attached hydrogens (tertiary/aromatic N) is 1. The van der Waals surface area contributed by atoms with Crippen molar-refractivity contribution < 1.29 is 40.9 Å². The van der Waals surface area contributed by atoms with E-state index in [-0.39, 0.29) is 41.6 Å².